The Bertz CT molecular complexity index is 939. The van der Waals surface area contributed by atoms with E-state index in [-0.39, 0.29) is 17.6 Å². The predicted octanol–water partition coefficient (Wildman–Crippen LogP) is 6.97. The Kier molecular flexibility index (Phi) is 9.89. The van der Waals surface area contributed by atoms with E-state index in [1.54, 1.807) is 5.57 Å². The zero-order valence-electron chi connectivity index (χ0n) is 23.6. The van der Waals surface area contributed by atoms with Crippen LogP contribution in [0.2, 0.25) is 0 Å². The minimum Gasteiger partial charge on any atom is -0.353 e. The second-order valence-corrected chi connectivity index (χ2v) is 11.7. The summed E-state index contributed by atoms with van der Waals surface area (Å²) in [6.45, 7) is 12.7. The molecule has 204 valence electrons. The Morgan fingerprint density at radius 2 is 1.89 bits per heavy atom. The van der Waals surface area contributed by atoms with Crippen molar-refractivity contribution >= 4 is 11.7 Å². The molecule has 0 radical (unpaired) electrons. The van der Waals surface area contributed by atoms with E-state index in [1.165, 1.54) is 49.7 Å². The summed E-state index contributed by atoms with van der Waals surface area (Å²) in [6.07, 6.45) is 14.1. The normalized spacial score (nSPS) is 31.5. The first-order chi connectivity index (χ1) is 17.9. The number of carbonyl (C=O) groups is 1. The van der Waals surface area contributed by atoms with Crippen LogP contribution in [-0.2, 0) is 4.84 Å². The van der Waals surface area contributed by atoms with Crippen molar-refractivity contribution in [2.24, 2.45) is 23.2 Å². The molecule has 0 heterocycles. The molecule has 0 saturated heterocycles. The van der Waals surface area contributed by atoms with Crippen molar-refractivity contribution in [1.82, 2.24) is 15.7 Å². The first-order valence-corrected chi connectivity index (χ1v) is 14.8. The monoisotopic (exact) mass is 507 g/mol. The number of nitrogens with zero attached hydrogens (tertiary/aromatic N) is 1. The van der Waals surface area contributed by atoms with Crippen molar-refractivity contribution < 1.29 is 9.63 Å². The van der Waals surface area contributed by atoms with Crippen LogP contribution in [-0.4, -0.2) is 43.2 Å². The van der Waals surface area contributed by atoms with Crippen LogP contribution in [0.25, 0.3) is 5.57 Å². The third-order valence-electron chi connectivity index (χ3n) is 9.66. The molecule has 5 nitrogen and oxygen atoms in total. The summed E-state index contributed by atoms with van der Waals surface area (Å²) in [5.41, 5.74) is 7.85. The number of allylic oxidation sites excluding steroid dienone is 3. The standard InChI is InChI=1S/C32H49N3O2/c1-5-35(6-2)22-21-33-31(36)37-34-28-19-20-32(4)27(23-28)17-18-29-24(3)15-16-26(13-10-14-30(29)32)25-11-8-7-9-12-25/h7-9,11-12,16,23-24,28-30,34H,5-6,10,13-15,17-22H2,1-4H3,(H,33,36)/b26-16+/t24-,28?,29-,30?,32-/m0/s1. The number of fused-ring (bicyclic) bond motifs is 3. The van der Waals surface area contributed by atoms with Gasteiger partial charge in [0.25, 0.3) is 0 Å². The lowest BCUT2D eigenvalue weighted by atomic mass is 9.53. The van der Waals surface area contributed by atoms with Crippen molar-refractivity contribution in [3.8, 4) is 0 Å². The van der Waals surface area contributed by atoms with Gasteiger partial charge in [0.1, 0.15) is 0 Å². The number of likely N-dealkylation sites (N-methyl/N-ethyl adjacent to an activating group) is 1. The molecule has 3 aliphatic rings. The number of amides is 1. The first kappa shape index (κ1) is 27.9. The van der Waals surface area contributed by atoms with E-state index in [4.69, 9.17) is 4.84 Å². The molecule has 5 heteroatoms. The van der Waals surface area contributed by atoms with Gasteiger partial charge in [-0.25, -0.2) is 4.79 Å². The molecule has 0 aromatic heterocycles. The van der Waals surface area contributed by atoms with Crippen molar-refractivity contribution in [1.29, 1.82) is 0 Å². The Balaban J connectivity index is 1.35. The summed E-state index contributed by atoms with van der Waals surface area (Å²) in [6, 6.07) is 11.1. The van der Waals surface area contributed by atoms with Gasteiger partial charge in [0, 0.05) is 13.1 Å². The topological polar surface area (TPSA) is 53.6 Å². The summed E-state index contributed by atoms with van der Waals surface area (Å²) in [4.78, 5) is 19.9. The van der Waals surface area contributed by atoms with E-state index in [0.717, 1.165) is 44.3 Å². The zero-order valence-corrected chi connectivity index (χ0v) is 23.6. The van der Waals surface area contributed by atoms with Crippen LogP contribution >= 0.6 is 0 Å². The molecule has 37 heavy (non-hydrogen) atoms. The van der Waals surface area contributed by atoms with Gasteiger partial charge in [-0.2, -0.15) is 0 Å². The van der Waals surface area contributed by atoms with Crippen LogP contribution in [0, 0.1) is 23.2 Å². The van der Waals surface area contributed by atoms with Crippen molar-refractivity contribution in [2.75, 3.05) is 26.2 Å². The Labute approximate surface area is 225 Å². The molecule has 0 bridgehead atoms. The highest BCUT2D eigenvalue weighted by Crippen LogP contribution is 2.57. The summed E-state index contributed by atoms with van der Waals surface area (Å²) in [5, 5.41) is 2.87. The third kappa shape index (κ3) is 6.86. The van der Waals surface area contributed by atoms with Crippen LogP contribution in [0.15, 0.2) is 48.1 Å². The Morgan fingerprint density at radius 1 is 1.11 bits per heavy atom. The van der Waals surface area contributed by atoms with Gasteiger partial charge in [0.2, 0.25) is 0 Å². The maximum absolute atomic E-state index is 12.2. The number of hydrogen-bond acceptors (Lipinski definition) is 4. The number of rotatable bonds is 8. The molecule has 1 aromatic rings. The van der Waals surface area contributed by atoms with Gasteiger partial charge < -0.3 is 15.1 Å². The molecule has 4 rings (SSSR count). The van der Waals surface area contributed by atoms with Crippen LogP contribution in [0.1, 0.15) is 84.6 Å². The zero-order chi connectivity index (χ0) is 26.3. The fourth-order valence-corrected chi connectivity index (χ4v) is 7.28. The maximum atomic E-state index is 12.2. The number of hydroxylamine groups is 1. The molecular formula is C32H49N3O2. The fraction of sp³-hybridized carbons (Fsp3) is 0.656. The second kappa shape index (κ2) is 13.1. The van der Waals surface area contributed by atoms with Crippen molar-refractivity contribution in [3.63, 3.8) is 0 Å². The van der Waals surface area contributed by atoms with Crippen molar-refractivity contribution in [3.05, 3.63) is 53.6 Å². The molecule has 2 N–H and O–H groups in total. The van der Waals surface area contributed by atoms with Gasteiger partial charge >= 0.3 is 6.09 Å². The molecule has 0 aliphatic heterocycles. The number of carbonyl (C=O) groups excluding carboxylic acids is 1. The highest BCUT2D eigenvalue weighted by atomic mass is 16.7. The number of benzene rings is 1. The van der Waals surface area contributed by atoms with Crippen molar-refractivity contribution in [2.45, 2.75) is 85.1 Å². The third-order valence-corrected chi connectivity index (χ3v) is 9.66. The van der Waals surface area contributed by atoms with E-state index in [1.807, 2.05) is 0 Å². The molecule has 2 unspecified atom stereocenters. The van der Waals surface area contributed by atoms with E-state index in [9.17, 15) is 4.79 Å². The average molecular weight is 508 g/mol. The van der Waals surface area contributed by atoms with Gasteiger partial charge in [-0.15, -0.1) is 5.48 Å². The molecule has 5 atom stereocenters. The van der Waals surface area contributed by atoms with Gasteiger partial charge in [-0.1, -0.05) is 75.8 Å². The molecule has 1 aromatic carbocycles. The van der Waals surface area contributed by atoms with Crippen LogP contribution < -0.4 is 10.8 Å². The maximum Gasteiger partial charge on any atom is 0.426 e. The van der Waals surface area contributed by atoms with Crippen LogP contribution in [0.3, 0.4) is 0 Å². The molecule has 1 fully saturated rings. The van der Waals surface area contributed by atoms with Gasteiger partial charge in [0.05, 0.1) is 6.04 Å². The molecule has 1 saturated carbocycles. The lowest BCUT2D eigenvalue weighted by Crippen LogP contribution is -2.46. The second-order valence-electron chi connectivity index (χ2n) is 11.7. The van der Waals surface area contributed by atoms with E-state index >= 15 is 0 Å². The summed E-state index contributed by atoms with van der Waals surface area (Å²) in [5.74, 6) is 2.22. The lowest BCUT2D eigenvalue weighted by Gasteiger charge is -2.52. The molecule has 1 amide bonds. The van der Waals surface area contributed by atoms with E-state index < -0.39 is 0 Å². The number of hydrogen-bond donors (Lipinski definition) is 2. The van der Waals surface area contributed by atoms with Gasteiger partial charge in [-0.3, -0.25) is 0 Å². The van der Waals surface area contributed by atoms with E-state index in [2.05, 4.69) is 85.9 Å². The molecular weight excluding hydrogens is 458 g/mol. The Hall–Kier alpha value is -2.11. The number of nitrogens with one attached hydrogen (secondary N) is 2. The predicted molar refractivity (Wildman–Crippen MR) is 153 cm³/mol. The highest BCUT2D eigenvalue weighted by molar-refractivity contribution is 5.66. The first-order valence-electron chi connectivity index (χ1n) is 14.8. The minimum absolute atomic E-state index is 0.105. The average Bonchev–Trinajstić information content (AvgIpc) is 3.00. The lowest BCUT2D eigenvalue weighted by molar-refractivity contribution is 0.0350. The summed E-state index contributed by atoms with van der Waals surface area (Å²) < 4.78 is 0. The Morgan fingerprint density at radius 3 is 2.65 bits per heavy atom. The largest absolute Gasteiger partial charge is 0.426 e. The minimum atomic E-state index is -0.380. The van der Waals surface area contributed by atoms with Gasteiger partial charge in [-0.05, 0) is 98.8 Å². The van der Waals surface area contributed by atoms with Crippen LogP contribution in [0.5, 0.6) is 0 Å². The molecule has 3 aliphatic carbocycles. The fourth-order valence-electron chi connectivity index (χ4n) is 7.28. The quantitative estimate of drug-likeness (QED) is 0.295. The summed E-state index contributed by atoms with van der Waals surface area (Å²) in [7, 11) is 0. The van der Waals surface area contributed by atoms with E-state index in [0.29, 0.717) is 12.5 Å². The SMILES string of the molecule is CCN(CC)CCNC(=O)ONC1C=C2CC[C@@H]3C(CCC/C(c4ccccc4)=C\C[C@@H]3C)[C@@]2(C)CC1. The van der Waals surface area contributed by atoms with Gasteiger partial charge in [0.15, 0.2) is 0 Å². The highest BCUT2D eigenvalue weighted by Gasteiger charge is 2.47. The van der Waals surface area contributed by atoms with Crippen LogP contribution in [0.4, 0.5) is 4.79 Å². The smallest absolute Gasteiger partial charge is 0.353 e. The summed E-state index contributed by atoms with van der Waals surface area (Å²) >= 11 is 0. The molecule has 0 spiro atoms.